The van der Waals surface area contributed by atoms with Gasteiger partial charge in [0.2, 0.25) is 0 Å². The molecule has 2 nitrogen and oxygen atoms in total. The normalized spacial score (nSPS) is 11.0. The summed E-state index contributed by atoms with van der Waals surface area (Å²) in [5.41, 5.74) is 5.43. The lowest BCUT2D eigenvalue weighted by Gasteiger charge is -2.08. The number of benzene rings is 3. The Morgan fingerprint density at radius 2 is 1.79 bits per heavy atom. The Morgan fingerprint density at radius 3 is 2.54 bits per heavy atom. The van der Waals surface area contributed by atoms with E-state index >= 15 is 0 Å². The van der Waals surface area contributed by atoms with E-state index in [1.165, 1.54) is 16.6 Å². The lowest BCUT2D eigenvalue weighted by atomic mass is 10.1. The summed E-state index contributed by atoms with van der Waals surface area (Å²) in [6, 6.07) is 23.2. The van der Waals surface area contributed by atoms with Crippen LogP contribution in [0, 0.1) is 18.3 Å². The molecule has 116 valence electrons. The molecule has 24 heavy (non-hydrogen) atoms. The first kappa shape index (κ1) is 15.0. The highest BCUT2D eigenvalue weighted by molar-refractivity contribution is 9.10. The predicted octanol–water partition coefficient (Wildman–Crippen LogP) is 5.79. The van der Waals surface area contributed by atoms with Crippen molar-refractivity contribution in [2.45, 2.75) is 13.5 Å². The molecule has 0 fully saturated rings. The predicted molar refractivity (Wildman–Crippen MR) is 102 cm³/mol. The molecule has 3 aromatic carbocycles. The number of nitrogens with zero attached hydrogens (tertiary/aromatic N) is 2. The first-order chi connectivity index (χ1) is 11.7. The van der Waals surface area contributed by atoms with Gasteiger partial charge in [0.25, 0.3) is 0 Å². The lowest BCUT2D eigenvalue weighted by molar-refractivity contribution is 0.868. The van der Waals surface area contributed by atoms with Crippen molar-refractivity contribution in [2.75, 3.05) is 0 Å². The van der Waals surface area contributed by atoms with Gasteiger partial charge < -0.3 is 4.57 Å². The van der Waals surface area contributed by atoms with Crippen LogP contribution in [-0.2, 0) is 6.54 Å². The highest BCUT2D eigenvalue weighted by Gasteiger charge is 2.15. The fourth-order valence-corrected chi connectivity index (χ4v) is 3.76. The minimum Gasteiger partial charge on any atom is -0.336 e. The van der Waals surface area contributed by atoms with E-state index in [1.807, 2.05) is 12.1 Å². The van der Waals surface area contributed by atoms with Crippen LogP contribution < -0.4 is 0 Å². The third-order valence-electron chi connectivity index (χ3n) is 4.39. The fourth-order valence-electron chi connectivity index (χ4n) is 3.32. The molecule has 0 amide bonds. The zero-order chi connectivity index (χ0) is 16.7. The van der Waals surface area contributed by atoms with Crippen molar-refractivity contribution in [2.24, 2.45) is 0 Å². The van der Waals surface area contributed by atoms with Crippen molar-refractivity contribution in [1.82, 2.24) is 4.57 Å². The Balaban J connectivity index is 2.11. The van der Waals surface area contributed by atoms with Gasteiger partial charge >= 0.3 is 0 Å². The Morgan fingerprint density at radius 1 is 1.00 bits per heavy atom. The molecule has 0 spiro atoms. The van der Waals surface area contributed by atoms with Crippen molar-refractivity contribution in [3.05, 3.63) is 81.8 Å². The zero-order valence-corrected chi connectivity index (χ0v) is 14.8. The van der Waals surface area contributed by atoms with Crippen molar-refractivity contribution in [3.8, 4) is 6.07 Å². The molecule has 1 aromatic heterocycles. The van der Waals surface area contributed by atoms with Crippen LogP contribution in [0.15, 0.2) is 65.1 Å². The molecule has 4 rings (SSSR count). The molecule has 0 aliphatic heterocycles. The standard InChI is InChI=1S/C21H15BrN2/c1-14-7-8-18-19(9-14)24(13-15-5-3-2-4-6-15)20-11-17(22)10-16(12-23)21(18)20/h2-11H,13H2,1H3. The van der Waals surface area contributed by atoms with E-state index in [2.05, 4.69) is 82.0 Å². The molecule has 0 saturated carbocycles. The molecule has 0 aliphatic rings. The van der Waals surface area contributed by atoms with Crippen LogP contribution in [0.5, 0.6) is 0 Å². The van der Waals surface area contributed by atoms with E-state index in [9.17, 15) is 5.26 Å². The van der Waals surface area contributed by atoms with Crippen molar-refractivity contribution >= 4 is 37.7 Å². The molecule has 0 unspecified atom stereocenters. The second-order valence-electron chi connectivity index (χ2n) is 6.05. The summed E-state index contributed by atoms with van der Waals surface area (Å²) in [5.74, 6) is 0. The molecule has 4 aromatic rings. The number of aryl methyl sites for hydroxylation is 1. The Labute approximate surface area is 149 Å². The maximum absolute atomic E-state index is 9.59. The van der Waals surface area contributed by atoms with Crippen LogP contribution in [0.25, 0.3) is 21.8 Å². The van der Waals surface area contributed by atoms with Gasteiger partial charge in [0.05, 0.1) is 17.1 Å². The van der Waals surface area contributed by atoms with Crippen LogP contribution in [0.4, 0.5) is 0 Å². The summed E-state index contributed by atoms with van der Waals surface area (Å²) in [7, 11) is 0. The summed E-state index contributed by atoms with van der Waals surface area (Å²) < 4.78 is 3.24. The van der Waals surface area contributed by atoms with Gasteiger partial charge in [0.1, 0.15) is 0 Å². The van der Waals surface area contributed by atoms with E-state index in [0.29, 0.717) is 5.56 Å². The van der Waals surface area contributed by atoms with Crippen molar-refractivity contribution in [3.63, 3.8) is 0 Å². The maximum Gasteiger partial charge on any atom is 0.0999 e. The number of hydrogen-bond donors (Lipinski definition) is 0. The van der Waals surface area contributed by atoms with E-state index in [0.717, 1.165) is 27.3 Å². The summed E-state index contributed by atoms with van der Waals surface area (Å²) in [6.07, 6.45) is 0. The monoisotopic (exact) mass is 374 g/mol. The molecular weight excluding hydrogens is 360 g/mol. The number of nitriles is 1. The van der Waals surface area contributed by atoms with Gasteiger partial charge in [-0.3, -0.25) is 0 Å². The van der Waals surface area contributed by atoms with Gasteiger partial charge in [-0.25, -0.2) is 0 Å². The Kier molecular flexibility index (Phi) is 3.63. The van der Waals surface area contributed by atoms with Crippen LogP contribution in [0.3, 0.4) is 0 Å². The quantitative estimate of drug-likeness (QED) is 0.436. The third-order valence-corrected chi connectivity index (χ3v) is 4.85. The summed E-state index contributed by atoms with van der Waals surface area (Å²) >= 11 is 3.55. The summed E-state index contributed by atoms with van der Waals surface area (Å²) in [5, 5.41) is 11.8. The topological polar surface area (TPSA) is 28.7 Å². The molecular formula is C21H15BrN2. The highest BCUT2D eigenvalue weighted by atomic mass is 79.9. The molecule has 0 radical (unpaired) electrons. The second-order valence-corrected chi connectivity index (χ2v) is 6.97. The van der Waals surface area contributed by atoms with E-state index < -0.39 is 0 Å². The van der Waals surface area contributed by atoms with Crippen LogP contribution in [0.2, 0.25) is 0 Å². The zero-order valence-electron chi connectivity index (χ0n) is 13.3. The largest absolute Gasteiger partial charge is 0.336 e. The van der Waals surface area contributed by atoms with E-state index in [4.69, 9.17) is 0 Å². The lowest BCUT2D eigenvalue weighted by Crippen LogP contribution is -1.99. The molecule has 0 bridgehead atoms. The van der Waals surface area contributed by atoms with Crippen molar-refractivity contribution < 1.29 is 0 Å². The van der Waals surface area contributed by atoms with Gasteiger partial charge in [-0.05, 0) is 36.2 Å². The van der Waals surface area contributed by atoms with Crippen LogP contribution >= 0.6 is 15.9 Å². The molecule has 0 aliphatic carbocycles. The van der Waals surface area contributed by atoms with Gasteiger partial charge in [0.15, 0.2) is 0 Å². The van der Waals surface area contributed by atoms with Crippen LogP contribution in [-0.4, -0.2) is 4.57 Å². The van der Waals surface area contributed by atoms with E-state index in [1.54, 1.807) is 0 Å². The number of rotatable bonds is 2. The average molecular weight is 375 g/mol. The van der Waals surface area contributed by atoms with Crippen molar-refractivity contribution in [1.29, 1.82) is 5.26 Å². The first-order valence-electron chi connectivity index (χ1n) is 7.83. The minimum atomic E-state index is 0.708. The molecule has 0 atom stereocenters. The summed E-state index contributed by atoms with van der Waals surface area (Å²) in [4.78, 5) is 0. The third kappa shape index (κ3) is 2.40. The van der Waals surface area contributed by atoms with Gasteiger partial charge in [-0.1, -0.05) is 58.4 Å². The van der Waals surface area contributed by atoms with Crippen LogP contribution in [0.1, 0.15) is 16.7 Å². The van der Waals surface area contributed by atoms with Gasteiger partial charge in [0, 0.05) is 27.3 Å². The summed E-state index contributed by atoms with van der Waals surface area (Å²) in [6.45, 7) is 2.89. The Hall–Kier alpha value is -2.57. The Bertz CT molecular complexity index is 1100. The SMILES string of the molecule is Cc1ccc2c3c(C#N)cc(Br)cc3n(Cc3ccccc3)c2c1. The number of fused-ring (bicyclic) bond motifs is 3. The minimum absolute atomic E-state index is 0.708. The molecule has 3 heteroatoms. The molecule has 0 saturated heterocycles. The number of hydrogen-bond acceptors (Lipinski definition) is 1. The maximum atomic E-state index is 9.59. The highest BCUT2D eigenvalue weighted by Crippen LogP contribution is 2.34. The number of halogens is 1. The molecule has 0 N–H and O–H groups in total. The van der Waals surface area contributed by atoms with E-state index in [-0.39, 0.29) is 0 Å². The number of aromatic nitrogens is 1. The first-order valence-corrected chi connectivity index (χ1v) is 8.63. The molecule has 1 heterocycles. The van der Waals surface area contributed by atoms with Gasteiger partial charge in [-0.2, -0.15) is 5.26 Å². The average Bonchev–Trinajstić information content (AvgIpc) is 2.88. The fraction of sp³-hybridized carbons (Fsp3) is 0.0952. The van der Waals surface area contributed by atoms with Gasteiger partial charge in [-0.15, -0.1) is 0 Å². The second kappa shape index (κ2) is 5.81. The smallest absolute Gasteiger partial charge is 0.0999 e.